The summed E-state index contributed by atoms with van der Waals surface area (Å²) in [5.41, 5.74) is 5.52. The fraction of sp³-hybridized carbons (Fsp3) is 0.528. The number of terminal acetylenes is 1. The smallest absolute Gasteiger partial charge is 0.419 e. The van der Waals surface area contributed by atoms with Gasteiger partial charge in [-0.05, 0) is 84.4 Å². The summed E-state index contributed by atoms with van der Waals surface area (Å²) >= 11 is 0. The molecule has 19 nitrogen and oxygen atoms in total. The average molecular weight is 999 g/mol. The Morgan fingerprint density at radius 3 is 1.96 bits per heavy atom. The van der Waals surface area contributed by atoms with Crippen molar-refractivity contribution in [3.05, 3.63) is 71.9 Å². The van der Waals surface area contributed by atoms with Crippen LogP contribution in [0.3, 0.4) is 0 Å². The molecular weight excluding hydrogens is 925 g/mol. The monoisotopic (exact) mass is 999 g/mol. The summed E-state index contributed by atoms with van der Waals surface area (Å²) in [5, 5.41) is 14.0. The Morgan fingerprint density at radius 2 is 1.35 bits per heavy atom. The SMILES string of the molecule is C#CCCC(=O)NCCCC[C@H](NC(C)=O)C(=O)N[C@@H](Cc1cn(C(=O)OC(C)(C)C)c2ccccc12)C(=O)N(C)[C@@H](CCCC)C(=O)N[C@@H](CC(=O)OC(C)(C)C)C(=O)N[C@@H](Cc1ccccc1)C(N)=O. The van der Waals surface area contributed by atoms with Crippen LogP contribution in [0.4, 0.5) is 4.79 Å². The first kappa shape index (κ1) is 59.1. The van der Waals surface area contributed by atoms with Crippen LogP contribution in [0, 0.1) is 12.3 Å². The number of carbonyl (C=O) groups is 9. The Morgan fingerprint density at radius 1 is 0.736 bits per heavy atom. The fourth-order valence-corrected chi connectivity index (χ4v) is 7.73. The average Bonchev–Trinajstić information content (AvgIpc) is 3.66. The molecule has 0 fully saturated rings. The van der Waals surface area contributed by atoms with E-state index in [1.807, 2.05) is 6.92 Å². The number of nitrogens with zero attached hydrogens (tertiary/aromatic N) is 2. The summed E-state index contributed by atoms with van der Waals surface area (Å²) in [5.74, 6) is -3.18. The van der Waals surface area contributed by atoms with Gasteiger partial charge in [0, 0.05) is 57.8 Å². The minimum Gasteiger partial charge on any atom is -0.460 e. The summed E-state index contributed by atoms with van der Waals surface area (Å²) in [4.78, 5) is 123. The molecule has 5 atom stereocenters. The molecular formula is C53H74N8O11. The van der Waals surface area contributed by atoms with E-state index in [-0.39, 0.29) is 44.4 Å². The second-order valence-electron chi connectivity index (χ2n) is 19.7. The molecule has 72 heavy (non-hydrogen) atoms. The van der Waals surface area contributed by atoms with Crippen molar-refractivity contribution >= 4 is 64.3 Å². The Balaban J connectivity index is 2.06. The van der Waals surface area contributed by atoms with Gasteiger partial charge in [0.15, 0.2) is 0 Å². The molecule has 0 saturated heterocycles. The Labute approximate surface area is 422 Å². The third kappa shape index (κ3) is 19.9. The zero-order chi connectivity index (χ0) is 53.8. The molecule has 0 spiro atoms. The lowest BCUT2D eigenvalue weighted by Crippen LogP contribution is -2.60. The molecule has 7 amide bonds. The zero-order valence-corrected chi connectivity index (χ0v) is 43.2. The highest BCUT2D eigenvalue weighted by Crippen LogP contribution is 2.25. The summed E-state index contributed by atoms with van der Waals surface area (Å²) in [6, 6.07) is 9.08. The minimum atomic E-state index is -1.60. The van der Waals surface area contributed by atoms with Gasteiger partial charge < -0.3 is 46.7 Å². The highest BCUT2D eigenvalue weighted by Gasteiger charge is 2.37. The summed E-state index contributed by atoms with van der Waals surface area (Å²) in [6.07, 6.45) is 7.79. The van der Waals surface area contributed by atoms with Crippen molar-refractivity contribution in [3.8, 4) is 12.3 Å². The van der Waals surface area contributed by atoms with Crippen LogP contribution < -0.4 is 32.3 Å². The van der Waals surface area contributed by atoms with Crippen molar-refractivity contribution in [2.45, 2.75) is 167 Å². The van der Waals surface area contributed by atoms with Crippen molar-refractivity contribution in [1.82, 2.24) is 36.1 Å². The number of carbonyl (C=O) groups excluding carboxylic acids is 9. The normalized spacial score (nSPS) is 13.4. The van der Waals surface area contributed by atoms with E-state index in [9.17, 15) is 38.4 Å². The maximum absolute atomic E-state index is 15.1. The predicted molar refractivity (Wildman–Crippen MR) is 271 cm³/mol. The molecule has 2 aromatic carbocycles. The van der Waals surface area contributed by atoms with E-state index < -0.39 is 95.3 Å². The van der Waals surface area contributed by atoms with Gasteiger partial charge in [-0.2, -0.15) is 0 Å². The number of unbranched alkanes of at least 4 members (excludes halogenated alkanes) is 2. The first-order chi connectivity index (χ1) is 33.8. The Bertz CT molecular complexity index is 2410. The molecule has 0 bridgehead atoms. The molecule has 0 aliphatic carbocycles. The number of esters is 1. The third-order valence-electron chi connectivity index (χ3n) is 11.2. The van der Waals surface area contributed by atoms with Crippen LogP contribution in [0.2, 0.25) is 0 Å². The first-order valence-corrected chi connectivity index (χ1v) is 24.4. The summed E-state index contributed by atoms with van der Waals surface area (Å²) in [7, 11) is 1.38. The molecule has 19 heteroatoms. The van der Waals surface area contributed by atoms with Crippen LogP contribution in [-0.2, 0) is 60.7 Å². The van der Waals surface area contributed by atoms with Gasteiger partial charge in [-0.1, -0.05) is 68.3 Å². The van der Waals surface area contributed by atoms with Gasteiger partial charge in [-0.15, -0.1) is 12.3 Å². The molecule has 0 saturated carbocycles. The molecule has 0 radical (unpaired) electrons. The van der Waals surface area contributed by atoms with Crippen LogP contribution in [0.25, 0.3) is 10.9 Å². The molecule has 0 unspecified atom stereocenters. The molecule has 1 heterocycles. The fourth-order valence-electron chi connectivity index (χ4n) is 7.73. The highest BCUT2D eigenvalue weighted by atomic mass is 16.6. The third-order valence-corrected chi connectivity index (χ3v) is 11.2. The lowest BCUT2D eigenvalue weighted by atomic mass is 10.0. The molecule has 3 rings (SSSR count). The number of ether oxygens (including phenoxy) is 2. The maximum atomic E-state index is 15.1. The number of hydrogen-bond acceptors (Lipinski definition) is 11. The van der Waals surface area contributed by atoms with E-state index in [1.165, 1.54) is 24.7 Å². The van der Waals surface area contributed by atoms with E-state index >= 15 is 4.79 Å². The second-order valence-corrected chi connectivity index (χ2v) is 19.7. The van der Waals surface area contributed by atoms with E-state index in [0.29, 0.717) is 54.3 Å². The summed E-state index contributed by atoms with van der Waals surface area (Å²) < 4.78 is 12.5. The van der Waals surface area contributed by atoms with Gasteiger partial charge in [0.25, 0.3) is 0 Å². The molecule has 392 valence electrons. The number of nitrogens with one attached hydrogen (secondary N) is 5. The number of benzene rings is 2. The molecule has 1 aromatic heterocycles. The standard InChI is InChI=1S/C53H74N8O11/c1-11-13-26-43(49(68)58-40(32-45(64)71-52(4,5)6)48(67)57-39(46(54)65)30-35-22-16-15-17-23-35)60(10)50(69)41(31-36-33-61(51(70)72-53(7,8)9)42-27-19-18-24-37(36)42)59-47(66)38(56-34(3)62)25-20-21-29-55-44(63)28-14-12-2/h2,15-19,22-24,27,33,38-41,43H,11,13-14,20-21,25-26,28-32H2,1,3-10H3,(H2,54,65)(H,55,63)(H,56,62)(H,57,67)(H,58,68)(H,59,66)/t38-,39-,40-,41-,43-/m0/s1. The van der Waals surface area contributed by atoms with E-state index in [2.05, 4.69) is 32.5 Å². The number of likely N-dealkylation sites (N-methyl/N-ethyl adjacent to an activating group) is 1. The van der Waals surface area contributed by atoms with Gasteiger partial charge in [0.2, 0.25) is 41.4 Å². The molecule has 3 aromatic rings. The first-order valence-electron chi connectivity index (χ1n) is 24.4. The summed E-state index contributed by atoms with van der Waals surface area (Å²) in [6.45, 7) is 13.5. The molecule has 0 aliphatic heterocycles. The van der Waals surface area contributed by atoms with Crippen LogP contribution in [0.5, 0.6) is 0 Å². The van der Waals surface area contributed by atoms with Gasteiger partial charge in [-0.25, -0.2) is 4.79 Å². The lowest BCUT2D eigenvalue weighted by Gasteiger charge is -2.33. The largest absolute Gasteiger partial charge is 0.460 e. The van der Waals surface area contributed by atoms with E-state index in [1.54, 1.807) is 96.1 Å². The predicted octanol–water partition coefficient (Wildman–Crippen LogP) is 4.10. The number of primary amides is 1. The van der Waals surface area contributed by atoms with Crippen molar-refractivity contribution in [2.75, 3.05) is 13.6 Å². The number of amides is 7. The Hall–Kier alpha value is -7.23. The molecule has 7 N–H and O–H groups in total. The van der Waals surface area contributed by atoms with E-state index in [4.69, 9.17) is 21.6 Å². The van der Waals surface area contributed by atoms with Crippen molar-refractivity contribution in [1.29, 1.82) is 0 Å². The van der Waals surface area contributed by atoms with Gasteiger partial charge >= 0.3 is 12.1 Å². The number of para-hydroxylation sites is 1. The highest BCUT2D eigenvalue weighted by molar-refractivity contribution is 5.98. The van der Waals surface area contributed by atoms with E-state index in [0.717, 1.165) is 4.90 Å². The van der Waals surface area contributed by atoms with Crippen molar-refractivity contribution in [2.24, 2.45) is 5.73 Å². The van der Waals surface area contributed by atoms with Gasteiger partial charge in [0.05, 0.1) is 11.9 Å². The number of nitrogens with two attached hydrogens (primary N) is 1. The van der Waals surface area contributed by atoms with Crippen LogP contribution in [0.1, 0.15) is 124 Å². The van der Waals surface area contributed by atoms with Crippen LogP contribution in [-0.4, -0.2) is 118 Å². The number of hydrogen-bond donors (Lipinski definition) is 6. The maximum Gasteiger partial charge on any atom is 0.419 e. The van der Waals surface area contributed by atoms with Crippen LogP contribution >= 0.6 is 0 Å². The topological polar surface area (TPSA) is 266 Å². The number of aromatic nitrogens is 1. The Kier molecular flexibility index (Phi) is 23.0. The van der Waals surface area contributed by atoms with Crippen molar-refractivity contribution in [3.63, 3.8) is 0 Å². The minimum absolute atomic E-state index is 0.0175. The number of rotatable bonds is 26. The second kappa shape index (κ2) is 28.0. The lowest BCUT2D eigenvalue weighted by molar-refractivity contribution is -0.157. The zero-order valence-electron chi connectivity index (χ0n) is 43.2. The van der Waals surface area contributed by atoms with Crippen molar-refractivity contribution < 1.29 is 52.6 Å². The van der Waals surface area contributed by atoms with Gasteiger partial charge in [0.1, 0.15) is 41.4 Å². The molecule has 0 aliphatic rings. The van der Waals surface area contributed by atoms with Gasteiger partial charge in [-0.3, -0.25) is 42.9 Å². The quantitative estimate of drug-likeness (QED) is 0.0379. The van der Waals surface area contributed by atoms with Crippen LogP contribution in [0.15, 0.2) is 60.8 Å². The number of fused-ring (bicyclic) bond motifs is 1.